The predicted octanol–water partition coefficient (Wildman–Crippen LogP) is 2.28. The van der Waals surface area contributed by atoms with Crippen molar-refractivity contribution in [3.63, 3.8) is 0 Å². The molecule has 1 aromatic heterocycles. The number of thioether (sulfide) groups is 1. The van der Waals surface area contributed by atoms with Crippen molar-refractivity contribution in [3.05, 3.63) is 0 Å². The molecule has 156 valence electrons. The lowest BCUT2D eigenvalue weighted by Crippen LogP contribution is -2.52. The van der Waals surface area contributed by atoms with E-state index in [9.17, 15) is 14.4 Å². The summed E-state index contributed by atoms with van der Waals surface area (Å²) >= 11 is 2.43. The fraction of sp³-hybridized carbons (Fsp3) is 0.688. The van der Waals surface area contributed by atoms with E-state index in [0.717, 1.165) is 0 Å². The molecule has 1 aliphatic rings. The Hall–Kier alpha value is -2.08. The number of nitrogens with one attached hydrogen (secondary N) is 1. The summed E-state index contributed by atoms with van der Waals surface area (Å²) in [6.07, 6.45) is -0.946. The lowest BCUT2D eigenvalue weighted by Gasteiger charge is -2.35. The highest BCUT2D eigenvalue weighted by Crippen LogP contribution is 2.26. The van der Waals surface area contributed by atoms with Gasteiger partial charge in [-0.1, -0.05) is 23.1 Å². The minimum atomic E-state index is -0.589. The summed E-state index contributed by atoms with van der Waals surface area (Å²) in [6.45, 7) is 9.25. The second-order valence-electron chi connectivity index (χ2n) is 6.86. The Balaban J connectivity index is 1.74. The molecule has 2 rings (SSSR count). The van der Waals surface area contributed by atoms with Gasteiger partial charge in [0, 0.05) is 26.2 Å². The van der Waals surface area contributed by atoms with Crippen LogP contribution in [-0.4, -0.2) is 82.2 Å². The Morgan fingerprint density at radius 1 is 1.14 bits per heavy atom. The normalized spacial score (nSPS) is 14.6. The zero-order chi connectivity index (χ0) is 20.7. The second kappa shape index (κ2) is 9.92. The van der Waals surface area contributed by atoms with Gasteiger partial charge in [0.1, 0.15) is 5.60 Å². The number of hydrogen-bond donors (Lipinski definition) is 1. The Bertz CT molecular complexity index is 698. The largest absolute Gasteiger partial charge is 0.450 e. The van der Waals surface area contributed by atoms with E-state index in [4.69, 9.17) is 9.47 Å². The molecular formula is C16H25N5O5S2. The topological polar surface area (TPSA) is 114 Å². The number of nitrogens with zero attached hydrogens (tertiary/aromatic N) is 4. The molecule has 2 heterocycles. The number of rotatable bonds is 5. The Morgan fingerprint density at radius 3 is 2.39 bits per heavy atom. The summed E-state index contributed by atoms with van der Waals surface area (Å²) < 4.78 is 10.7. The molecular weight excluding hydrogens is 406 g/mol. The van der Waals surface area contributed by atoms with E-state index in [1.807, 2.05) is 20.8 Å². The second-order valence-corrected chi connectivity index (χ2v) is 9.06. The van der Waals surface area contributed by atoms with Crippen LogP contribution in [0.15, 0.2) is 4.34 Å². The summed E-state index contributed by atoms with van der Waals surface area (Å²) in [5.41, 5.74) is -0.538. The van der Waals surface area contributed by atoms with E-state index in [0.29, 0.717) is 35.7 Å². The molecule has 0 unspecified atom stereocenters. The first-order chi connectivity index (χ1) is 13.2. The van der Waals surface area contributed by atoms with Gasteiger partial charge in [0.25, 0.3) is 0 Å². The smallest absolute Gasteiger partial charge is 0.413 e. The van der Waals surface area contributed by atoms with Crippen molar-refractivity contribution in [2.45, 2.75) is 37.6 Å². The van der Waals surface area contributed by atoms with Gasteiger partial charge < -0.3 is 19.3 Å². The van der Waals surface area contributed by atoms with Crippen LogP contribution in [0.4, 0.5) is 14.7 Å². The van der Waals surface area contributed by atoms with Gasteiger partial charge in [-0.2, -0.15) is 0 Å². The molecule has 0 bridgehead atoms. The monoisotopic (exact) mass is 431 g/mol. The summed E-state index contributed by atoms with van der Waals surface area (Å²) in [4.78, 5) is 39.1. The van der Waals surface area contributed by atoms with Gasteiger partial charge in [0.05, 0.1) is 12.4 Å². The first-order valence-corrected chi connectivity index (χ1v) is 10.6. The number of carbonyl (C=O) groups is 3. The van der Waals surface area contributed by atoms with Crippen molar-refractivity contribution < 1.29 is 23.9 Å². The molecule has 3 amide bonds. The van der Waals surface area contributed by atoms with Crippen LogP contribution in [0.3, 0.4) is 0 Å². The van der Waals surface area contributed by atoms with Crippen LogP contribution in [0.25, 0.3) is 0 Å². The molecule has 10 nitrogen and oxygen atoms in total. The molecule has 0 saturated carbocycles. The Kier molecular flexibility index (Phi) is 7.87. The van der Waals surface area contributed by atoms with Crippen molar-refractivity contribution in [2.75, 3.05) is 43.9 Å². The van der Waals surface area contributed by atoms with Gasteiger partial charge in [0.2, 0.25) is 11.0 Å². The van der Waals surface area contributed by atoms with E-state index in [2.05, 4.69) is 15.5 Å². The van der Waals surface area contributed by atoms with Gasteiger partial charge in [-0.25, -0.2) is 9.59 Å². The first kappa shape index (κ1) is 22.2. The van der Waals surface area contributed by atoms with Crippen molar-refractivity contribution in [3.8, 4) is 0 Å². The first-order valence-electron chi connectivity index (χ1n) is 8.83. The molecule has 1 aliphatic heterocycles. The number of anilines is 1. The number of carbonyl (C=O) groups excluding carboxylic acids is 3. The summed E-state index contributed by atoms with van der Waals surface area (Å²) in [7, 11) is 0. The average Bonchev–Trinajstić information content (AvgIpc) is 3.06. The molecule has 0 spiro atoms. The zero-order valence-electron chi connectivity index (χ0n) is 16.4. The summed E-state index contributed by atoms with van der Waals surface area (Å²) in [5.74, 6) is 0.171. The Morgan fingerprint density at radius 2 is 1.79 bits per heavy atom. The van der Waals surface area contributed by atoms with Crippen LogP contribution in [-0.2, 0) is 14.3 Å². The summed E-state index contributed by atoms with van der Waals surface area (Å²) in [6, 6.07) is 0. The third-order valence-electron chi connectivity index (χ3n) is 3.49. The van der Waals surface area contributed by atoms with Gasteiger partial charge in [-0.3, -0.25) is 10.1 Å². The third-order valence-corrected chi connectivity index (χ3v) is 5.45. The highest BCUT2D eigenvalue weighted by Gasteiger charge is 2.27. The quantitative estimate of drug-likeness (QED) is 0.558. The molecule has 0 radical (unpaired) electrons. The number of piperazine rings is 1. The average molecular weight is 432 g/mol. The maximum absolute atomic E-state index is 12.4. The number of aromatic nitrogens is 2. The molecule has 0 aliphatic carbocycles. The maximum Gasteiger partial charge on any atom is 0.413 e. The van der Waals surface area contributed by atoms with Crippen molar-refractivity contribution in [1.29, 1.82) is 0 Å². The Labute approximate surface area is 171 Å². The van der Waals surface area contributed by atoms with Crippen molar-refractivity contribution >= 4 is 46.3 Å². The summed E-state index contributed by atoms with van der Waals surface area (Å²) in [5, 5.41) is 10.6. The molecule has 12 heteroatoms. The van der Waals surface area contributed by atoms with Crippen LogP contribution >= 0.6 is 23.1 Å². The van der Waals surface area contributed by atoms with Crippen LogP contribution in [0, 0.1) is 0 Å². The minimum Gasteiger partial charge on any atom is -0.450 e. The predicted molar refractivity (Wildman–Crippen MR) is 106 cm³/mol. The van der Waals surface area contributed by atoms with Gasteiger partial charge in [-0.15, -0.1) is 10.2 Å². The van der Waals surface area contributed by atoms with E-state index in [-0.39, 0.29) is 24.4 Å². The minimum absolute atomic E-state index is 0.0380. The van der Waals surface area contributed by atoms with Crippen molar-refractivity contribution in [1.82, 2.24) is 20.0 Å². The molecule has 0 atom stereocenters. The van der Waals surface area contributed by atoms with Crippen LogP contribution in [0.1, 0.15) is 27.7 Å². The van der Waals surface area contributed by atoms with E-state index in [1.165, 1.54) is 23.1 Å². The van der Waals surface area contributed by atoms with E-state index in [1.54, 1.807) is 16.7 Å². The molecule has 0 aromatic carbocycles. The van der Waals surface area contributed by atoms with Gasteiger partial charge in [-0.05, 0) is 27.7 Å². The third kappa shape index (κ3) is 7.15. The highest BCUT2D eigenvalue weighted by molar-refractivity contribution is 8.01. The van der Waals surface area contributed by atoms with Crippen molar-refractivity contribution in [2.24, 2.45) is 0 Å². The molecule has 1 N–H and O–H groups in total. The van der Waals surface area contributed by atoms with Gasteiger partial charge in [0.15, 0.2) is 4.34 Å². The van der Waals surface area contributed by atoms with Gasteiger partial charge >= 0.3 is 12.2 Å². The molecule has 1 saturated heterocycles. The van der Waals surface area contributed by atoms with E-state index >= 15 is 0 Å². The number of amides is 3. The fourth-order valence-corrected chi connectivity index (χ4v) is 3.89. The number of ether oxygens (including phenoxy) is 2. The molecule has 28 heavy (non-hydrogen) atoms. The SMILES string of the molecule is CCOC(=O)Nc1nnc(SCC(=O)N2CCN(C(=O)OC(C)(C)C)CC2)s1. The van der Waals surface area contributed by atoms with Crippen LogP contribution < -0.4 is 5.32 Å². The standard InChI is InChI=1S/C16H25N5O5S2/c1-5-25-13(23)17-12-18-19-14(28-12)27-10-11(22)20-6-8-21(9-7-20)15(24)26-16(2,3)4/h5-10H2,1-4H3,(H,17,18,23). The lowest BCUT2D eigenvalue weighted by atomic mass is 10.2. The van der Waals surface area contributed by atoms with Crippen LogP contribution in [0.2, 0.25) is 0 Å². The fourth-order valence-electron chi connectivity index (χ4n) is 2.25. The molecule has 1 fully saturated rings. The number of hydrogen-bond acceptors (Lipinski definition) is 9. The zero-order valence-corrected chi connectivity index (χ0v) is 18.0. The lowest BCUT2D eigenvalue weighted by molar-refractivity contribution is -0.130. The van der Waals surface area contributed by atoms with E-state index < -0.39 is 11.7 Å². The highest BCUT2D eigenvalue weighted by atomic mass is 32.2. The molecule has 1 aromatic rings. The van der Waals surface area contributed by atoms with Crippen LogP contribution in [0.5, 0.6) is 0 Å². The maximum atomic E-state index is 12.4.